The fourth-order valence-electron chi connectivity index (χ4n) is 6.41. The molecule has 3 amide bonds. The Morgan fingerprint density at radius 1 is 1.12 bits per heavy atom. The predicted octanol–water partition coefficient (Wildman–Crippen LogP) is 1.04. The van der Waals surface area contributed by atoms with Crippen LogP contribution >= 0.6 is 0 Å². The molecule has 0 radical (unpaired) electrons. The van der Waals surface area contributed by atoms with Crippen LogP contribution < -0.4 is 20.7 Å². The molecular weight excluding hydrogens is 460 g/mol. The summed E-state index contributed by atoms with van der Waals surface area (Å²) in [5, 5.41) is 8.65. The first kappa shape index (κ1) is 23.3. The van der Waals surface area contributed by atoms with Crippen LogP contribution in [0.3, 0.4) is 0 Å². The number of nitrogens with one attached hydrogen (secondary N) is 4. The van der Waals surface area contributed by atoms with Gasteiger partial charge in [-0.1, -0.05) is 0 Å². The van der Waals surface area contributed by atoms with Crippen molar-refractivity contribution in [3.8, 4) is 0 Å². The van der Waals surface area contributed by atoms with Gasteiger partial charge in [-0.3, -0.25) is 14.4 Å². The summed E-state index contributed by atoms with van der Waals surface area (Å²) in [5.74, 6) is -0.386. The second kappa shape index (κ2) is 7.81. The molecule has 34 heavy (non-hydrogen) atoms. The number of furan rings is 1. The number of carbonyl (C=O) groups is 3. The van der Waals surface area contributed by atoms with E-state index >= 15 is 0 Å². The van der Waals surface area contributed by atoms with Gasteiger partial charge in [0.05, 0.1) is 0 Å². The van der Waals surface area contributed by atoms with Gasteiger partial charge >= 0.3 is 0 Å². The van der Waals surface area contributed by atoms with E-state index < -0.39 is 27.0 Å². The number of rotatable bonds is 6. The van der Waals surface area contributed by atoms with E-state index in [0.717, 1.165) is 19.3 Å². The van der Waals surface area contributed by atoms with E-state index in [1.807, 2.05) is 0 Å². The van der Waals surface area contributed by atoms with E-state index in [4.69, 9.17) is 4.42 Å². The lowest BCUT2D eigenvalue weighted by Gasteiger charge is -2.33. The Balaban J connectivity index is 1.23. The summed E-state index contributed by atoms with van der Waals surface area (Å²) in [7, 11) is -3.90. The van der Waals surface area contributed by atoms with Crippen molar-refractivity contribution < 1.29 is 27.2 Å². The molecule has 11 heteroatoms. The fraction of sp³-hybridized carbons (Fsp3) is 0.696. The van der Waals surface area contributed by atoms with Gasteiger partial charge in [0.25, 0.3) is 15.9 Å². The van der Waals surface area contributed by atoms with Gasteiger partial charge in [-0.05, 0) is 77.3 Å². The van der Waals surface area contributed by atoms with Crippen LogP contribution in [0.15, 0.2) is 21.6 Å². The standard InChI is InChI=1S/C23H32N4O6S/c1-22(2,3)27-34(31,32)18-8-7-17(33-18)20(29)24-15-5-4-6-16(15)25-21(30)23-11-12-9-13(14(23)10-12)19(28)26-23/h7-8,12-16,27H,4-6,9-11H2,1-3H3,(H,24,29)(H,25,30)(H,26,28)/t12?,13?,14?,15-,16-,23?/m1/s1. The highest BCUT2D eigenvalue weighted by Crippen LogP contribution is 2.57. The van der Waals surface area contributed by atoms with Gasteiger partial charge in [0.15, 0.2) is 5.76 Å². The quantitative estimate of drug-likeness (QED) is 0.467. The zero-order valence-electron chi connectivity index (χ0n) is 19.6. The zero-order chi connectivity index (χ0) is 24.5. The minimum atomic E-state index is -3.90. The average molecular weight is 493 g/mol. The summed E-state index contributed by atoms with van der Waals surface area (Å²) in [6.45, 7) is 5.13. The van der Waals surface area contributed by atoms with Crippen LogP contribution in [-0.4, -0.2) is 49.3 Å². The largest absolute Gasteiger partial charge is 0.438 e. The first-order valence-electron chi connectivity index (χ1n) is 12.0. The predicted molar refractivity (Wildman–Crippen MR) is 121 cm³/mol. The molecular formula is C23H32N4O6S. The Labute approximate surface area is 199 Å². The summed E-state index contributed by atoms with van der Waals surface area (Å²) in [4.78, 5) is 38.5. The average Bonchev–Trinajstić information content (AvgIpc) is 3.50. The molecule has 186 valence electrons. The van der Waals surface area contributed by atoms with Crippen molar-refractivity contribution in [2.24, 2.45) is 17.8 Å². The lowest BCUT2D eigenvalue weighted by Crippen LogP contribution is -2.60. The minimum absolute atomic E-state index is 0.0130. The van der Waals surface area contributed by atoms with Crippen LogP contribution in [0.5, 0.6) is 0 Å². The van der Waals surface area contributed by atoms with Crippen molar-refractivity contribution in [3.63, 3.8) is 0 Å². The Morgan fingerprint density at radius 2 is 1.82 bits per heavy atom. The molecule has 1 aromatic heterocycles. The lowest BCUT2D eigenvalue weighted by atomic mass is 9.78. The Kier molecular flexibility index (Phi) is 5.36. The summed E-state index contributed by atoms with van der Waals surface area (Å²) in [6, 6.07) is 2.01. The molecule has 1 aromatic rings. The number of hydrogen-bond acceptors (Lipinski definition) is 6. The molecule has 4 aliphatic rings. The molecule has 2 bridgehead atoms. The van der Waals surface area contributed by atoms with Crippen LogP contribution in [0, 0.1) is 17.8 Å². The van der Waals surface area contributed by atoms with Gasteiger partial charge in [-0.25, -0.2) is 13.1 Å². The maximum Gasteiger partial charge on any atom is 0.287 e. The number of sulfonamides is 1. The summed E-state index contributed by atoms with van der Waals surface area (Å²) in [5.41, 5.74) is -1.51. The fourth-order valence-corrected chi connectivity index (χ4v) is 7.76. The highest BCUT2D eigenvalue weighted by molar-refractivity contribution is 7.89. The van der Waals surface area contributed by atoms with Crippen LogP contribution in [0.4, 0.5) is 0 Å². The number of carbonyl (C=O) groups excluding carboxylic acids is 3. The third-order valence-electron chi connectivity index (χ3n) is 7.65. The van der Waals surface area contributed by atoms with Crippen LogP contribution in [0.2, 0.25) is 0 Å². The van der Waals surface area contributed by atoms with E-state index in [1.54, 1.807) is 20.8 Å². The van der Waals surface area contributed by atoms with Gasteiger partial charge in [-0.15, -0.1) is 0 Å². The molecule has 10 nitrogen and oxygen atoms in total. The smallest absolute Gasteiger partial charge is 0.287 e. The van der Waals surface area contributed by atoms with Gasteiger partial charge in [-0.2, -0.15) is 0 Å². The van der Waals surface area contributed by atoms with Gasteiger partial charge in [0.2, 0.25) is 16.9 Å². The van der Waals surface area contributed by atoms with Crippen LogP contribution in [0.1, 0.15) is 69.9 Å². The summed E-state index contributed by atoms with van der Waals surface area (Å²) >= 11 is 0. The molecule has 4 fully saturated rings. The van der Waals surface area contributed by atoms with Gasteiger partial charge < -0.3 is 20.4 Å². The van der Waals surface area contributed by atoms with Gasteiger partial charge in [0, 0.05) is 29.5 Å². The van der Waals surface area contributed by atoms with Crippen molar-refractivity contribution in [1.29, 1.82) is 0 Å². The molecule has 2 heterocycles. The van der Waals surface area contributed by atoms with Crippen LogP contribution in [-0.2, 0) is 19.6 Å². The monoisotopic (exact) mass is 492 g/mol. The topological polar surface area (TPSA) is 147 Å². The van der Waals surface area contributed by atoms with E-state index in [9.17, 15) is 22.8 Å². The maximum absolute atomic E-state index is 13.3. The molecule has 5 rings (SSSR count). The first-order chi connectivity index (χ1) is 15.9. The second-order valence-corrected chi connectivity index (χ2v) is 12.9. The number of fused-ring (bicyclic) bond motifs is 1. The Hall–Kier alpha value is -2.40. The van der Waals surface area contributed by atoms with E-state index in [1.165, 1.54) is 12.1 Å². The molecule has 3 aliphatic carbocycles. The maximum atomic E-state index is 13.3. The van der Waals surface area contributed by atoms with Crippen molar-refractivity contribution in [2.45, 2.75) is 87.5 Å². The SMILES string of the molecule is CC(C)(C)NS(=O)(=O)c1ccc(C(=O)N[C@@H]2CCC[C@H]2NC(=O)C23CC4CC(C(=O)N2)C3C4)o1. The first-order valence-corrected chi connectivity index (χ1v) is 13.4. The lowest BCUT2D eigenvalue weighted by molar-refractivity contribution is -0.131. The highest BCUT2D eigenvalue weighted by atomic mass is 32.2. The minimum Gasteiger partial charge on any atom is -0.438 e. The highest BCUT2D eigenvalue weighted by Gasteiger charge is 2.66. The zero-order valence-corrected chi connectivity index (χ0v) is 20.5. The van der Waals surface area contributed by atoms with E-state index in [2.05, 4.69) is 20.7 Å². The van der Waals surface area contributed by atoms with Crippen molar-refractivity contribution in [1.82, 2.24) is 20.7 Å². The molecule has 1 saturated heterocycles. The summed E-state index contributed by atoms with van der Waals surface area (Å²) in [6.07, 6.45) is 4.70. The van der Waals surface area contributed by atoms with Crippen molar-refractivity contribution in [3.05, 3.63) is 17.9 Å². The van der Waals surface area contributed by atoms with E-state index in [0.29, 0.717) is 25.2 Å². The Morgan fingerprint density at radius 3 is 2.50 bits per heavy atom. The normalized spacial score (nSPS) is 34.3. The van der Waals surface area contributed by atoms with Crippen molar-refractivity contribution in [2.75, 3.05) is 0 Å². The molecule has 0 spiro atoms. The second-order valence-electron chi connectivity index (χ2n) is 11.3. The number of amides is 3. The molecule has 1 aliphatic heterocycles. The molecule has 4 unspecified atom stereocenters. The molecule has 3 saturated carbocycles. The van der Waals surface area contributed by atoms with Gasteiger partial charge in [0.1, 0.15) is 5.54 Å². The molecule has 6 atom stereocenters. The molecule has 4 N–H and O–H groups in total. The third-order valence-corrected chi connectivity index (χ3v) is 9.28. The van der Waals surface area contributed by atoms with Crippen molar-refractivity contribution >= 4 is 27.7 Å². The summed E-state index contributed by atoms with van der Waals surface area (Å²) < 4.78 is 32.7. The number of hydrogen-bond donors (Lipinski definition) is 4. The Bertz CT molecular complexity index is 1140. The molecule has 0 aromatic carbocycles. The third kappa shape index (κ3) is 3.92. The van der Waals surface area contributed by atoms with E-state index in [-0.39, 0.29) is 46.6 Å². The van der Waals surface area contributed by atoms with Crippen LogP contribution in [0.25, 0.3) is 0 Å².